The lowest BCUT2D eigenvalue weighted by Gasteiger charge is -2.31. The van der Waals surface area contributed by atoms with E-state index in [-0.39, 0.29) is 6.42 Å². The Hall–Kier alpha value is -3.03. The fourth-order valence-corrected chi connectivity index (χ4v) is 2.75. The number of nitrogens with zero attached hydrogens (tertiary/aromatic N) is 1. The van der Waals surface area contributed by atoms with Gasteiger partial charge in [0.1, 0.15) is 17.2 Å². The Morgan fingerprint density at radius 3 is 2.00 bits per heavy atom. The van der Waals surface area contributed by atoms with Crippen molar-refractivity contribution in [3.8, 4) is 0 Å². The molecule has 2 aromatic rings. The molecule has 1 heterocycles. The van der Waals surface area contributed by atoms with Crippen LogP contribution in [-0.4, -0.2) is 50.4 Å². The largest absolute Gasteiger partial charge is 0.480 e. The maximum Gasteiger partial charge on any atom is 0.420 e. The molecule has 1 unspecified atom stereocenters. The number of carboxylic acids is 1. The minimum Gasteiger partial charge on any atom is -0.480 e. The van der Waals surface area contributed by atoms with Crippen LogP contribution >= 0.6 is 0 Å². The number of aromatic nitrogens is 1. The van der Waals surface area contributed by atoms with Gasteiger partial charge in [0, 0.05) is 23.5 Å². The van der Waals surface area contributed by atoms with Gasteiger partial charge in [-0.2, -0.15) is 4.90 Å². The van der Waals surface area contributed by atoms with Crippen LogP contribution in [0.2, 0.25) is 0 Å². The summed E-state index contributed by atoms with van der Waals surface area (Å²) in [6.07, 6.45) is -0.571. The topological polar surface area (TPSA) is 109 Å². The smallest absolute Gasteiger partial charge is 0.420 e. The second-order valence-corrected chi connectivity index (χ2v) is 8.75. The van der Waals surface area contributed by atoms with Crippen molar-refractivity contribution in [2.45, 2.75) is 65.2 Å². The molecule has 0 aliphatic heterocycles. The third-order valence-electron chi connectivity index (χ3n) is 3.87. The maximum atomic E-state index is 12.8. The average molecular weight is 404 g/mol. The molecule has 29 heavy (non-hydrogen) atoms. The Morgan fingerprint density at radius 1 is 1.00 bits per heavy atom. The Bertz CT molecular complexity index is 876. The molecule has 0 fully saturated rings. The molecule has 2 N–H and O–H groups in total. The Balaban J connectivity index is 2.43. The van der Waals surface area contributed by atoms with Crippen molar-refractivity contribution >= 4 is 29.1 Å². The van der Waals surface area contributed by atoms with Crippen molar-refractivity contribution in [1.29, 1.82) is 0 Å². The van der Waals surface area contributed by atoms with Crippen LogP contribution in [-0.2, 0) is 20.7 Å². The quantitative estimate of drug-likeness (QED) is 0.785. The molecule has 0 saturated heterocycles. The van der Waals surface area contributed by atoms with Crippen molar-refractivity contribution in [2.24, 2.45) is 0 Å². The second-order valence-electron chi connectivity index (χ2n) is 8.75. The van der Waals surface area contributed by atoms with Gasteiger partial charge in [0.2, 0.25) is 0 Å². The van der Waals surface area contributed by atoms with E-state index in [0.29, 0.717) is 10.5 Å². The normalized spacial score (nSPS) is 13.0. The van der Waals surface area contributed by atoms with E-state index in [1.807, 2.05) is 24.3 Å². The highest BCUT2D eigenvalue weighted by Gasteiger charge is 2.40. The molecular formula is C21H28N2O6. The van der Waals surface area contributed by atoms with Crippen LogP contribution in [0.15, 0.2) is 30.5 Å². The van der Waals surface area contributed by atoms with Crippen LogP contribution in [0.4, 0.5) is 9.59 Å². The highest BCUT2D eigenvalue weighted by Crippen LogP contribution is 2.23. The number of fused-ring (bicyclic) bond motifs is 1. The molecule has 2 amide bonds. The number of H-pyrrole nitrogens is 1. The molecule has 1 atom stereocenters. The lowest BCUT2D eigenvalue weighted by molar-refractivity contribution is -0.143. The minimum absolute atomic E-state index is 0.0994. The summed E-state index contributed by atoms with van der Waals surface area (Å²) in [7, 11) is 0. The van der Waals surface area contributed by atoms with Crippen LogP contribution in [0.1, 0.15) is 47.1 Å². The van der Waals surface area contributed by atoms with E-state index in [2.05, 4.69) is 4.98 Å². The summed E-state index contributed by atoms with van der Waals surface area (Å²) in [5.74, 6) is -1.34. The SMILES string of the molecule is CC(C)(C)OC(=O)N(C(=O)OC(C)(C)C)C(Cc1c[nH]c2ccccc12)C(=O)O. The molecule has 8 nitrogen and oxygen atoms in total. The molecule has 0 radical (unpaired) electrons. The predicted molar refractivity (Wildman–Crippen MR) is 108 cm³/mol. The summed E-state index contributed by atoms with van der Waals surface area (Å²) in [5.41, 5.74) is -0.347. The average Bonchev–Trinajstić information content (AvgIpc) is 2.94. The Morgan fingerprint density at radius 2 is 1.52 bits per heavy atom. The standard InChI is InChI=1S/C21H28N2O6/c1-20(2,3)28-18(26)23(19(27)29-21(4,5)6)16(17(24)25)11-13-12-22-15-10-8-7-9-14(13)15/h7-10,12,16,22H,11H2,1-6H3,(H,24,25). The number of carbonyl (C=O) groups is 3. The van der Waals surface area contributed by atoms with Gasteiger partial charge >= 0.3 is 18.2 Å². The number of rotatable bonds is 4. The third-order valence-corrected chi connectivity index (χ3v) is 3.87. The summed E-state index contributed by atoms with van der Waals surface area (Å²) in [4.78, 5) is 41.2. The van der Waals surface area contributed by atoms with E-state index >= 15 is 0 Å². The van der Waals surface area contributed by atoms with Crippen LogP contribution in [0.25, 0.3) is 10.9 Å². The second kappa shape index (κ2) is 8.14. The number of carbonyl (C=O) groups excluding carboxylic acids is 2. The van der Waals surface area contributed by atoms with Gasteiger partial charge in [-0.1, -0.05) is 18.2 Å². The molecule has 0 spiro atoms. The molecule has 0 aliphatic rings. The van der Waals surface area contributed by atoms with Gasteiger partial charge in [0.05, 0.1) is 0 Å². The van der Waals surface area contributed by atoms with Gasteiger partial charge in [-0.25, -0.2) is 14.4 Å². The first-order chi connectivity index (χ1) is 13.3. The molecule has 0 bridgehead atoms. The zero-order valence-corrected chi connectivity index (χ0v) is 17.6. The van der Waals surface area contributed by atoms with Gasteiger partial charge in [0.25, 0.3) is 0 Å². The number of para-hydroxylation sites is 1. The number of aliphatic carboxylic acids is 1. The number of amides is 2. The molecule has 8 heteroatoms. The van der Waals surface area contributed by atoms with E-state index in [1.54, 1.807) is 47.7 Å². The summed E-state index contributed by atoms with van der Waals surface area (Å²) >= 11 is 0. The number of aromatic amines is 1. The van der Waals surface area contributed by atoms with Crippen molar-refractivity contribution in [3.05, 3.63) is 36.0 Å². The highest BCUT2D eigenvalue weighted by molar-refractivity contribution is 5.94. The van der Waals surface area contributed by atoms with Crippen LogP contribution in [0.3, 0.4) is 0 Å². The van der Waals surface area contributed by atoms with Crippen LogP contribution < -0.4 is 0 Å². The van der Waals surface area contributed by atoms with Crippen LogP contribution in [0.5, 0.6) is 0 Å². The number of imide groups is 1. The fourth-order valence-electron chi connectivity index (χ4n) is 2.75. The van der Waals surface area contributed by atoms with Gasteiger partial charge < -0.3 is 19.6 Å². The van der Waals surface area contributed by atoms with Crippen molar-refractivity contribution in [3.63, 3.8) is 0 Å². The molecule has 2 rings (SSSR count). The van der Waals surface area contributed by atoms with E-state index in [0.717, 1.165) is 10.9 Å². The fraction of sp³-hybridized carbons (Fsp3) is 0.476. The summed E-state index contributed by atoms with van der Waals surface area (Å²) in [5, 5.41) is 10.7. The van der Waals surface area contributed by atoms with Crippen molar-refractivity contribution < 1.29 is 29.0 Å². The molecule has 0 aliphatic carbocycles. The number of ether oxygens (including phenoxy) is 2. The predicted octanol–water partition coefficient (Wildman–Crippen LogP) is 4.34. The number of hydrogen-bond donors (Lipinski definition) is 2. The Kier molecular flexibility index (Phi) is 6.25. The van der Waals surface area contributed by atoms with E-state index in [9.17, 15) is 19.5 Å². The summed E-state index contributed by atoms with van der Waals surface area (Å²) < 4.78 is 10.6. The lowest BCUT2D eigenvalue weighted by atomic mass is 10.0. The van der Waals surface area contributed by atoms with Gasteiger partial charge in [-0.15, -0.1) is 0 Å². The summed E-state index contributed by atoms with van der Waals surface area (Å²) in [6, 6.07) is 5.87. The van der Waals surface area contributed by atoms with Gasteiger partial charge in [0.15, 0.2) is 0 Å². The first-order valence-corrected chi connectivity index (χ1v) is 9.31. The minimum atomic E-state index is -1.50. The molecule has 0 saturated carbocycles. The van der Waals surface area contributed by atoms with E-state index in [4.69, 9.17) is 9.47 Å². The van der Waals surface area contributed by atoms with Crippen molar-refractivity contribution in [2.75, 3.05) is 0 Å². The van der Waals surface area contributed by atoms with Crippen molar-refractivity contribution in [1.82, 2.24) is 9.88 Å². The zero-order chi connectivity index (χ0) is 22.0. The number of hydrogen-bond acceptors (Lipinski definition) is 5. The first-order valence-electron chi connectivity index (χ1n) is 9.31. The molecule has 158 valence electrons. The number of nitrogens with one attached hydrogen (secondary N) is 1. The van der Waals surface area contributed by atoms with Gasteiger partial charge in [-0.05, 0) is 53.2 Å². The highest BCUT2D eigenvalue weighted by atomic mass is 16.6. The monoisotopic (exact) mass is 404 g/mol. The lowest BCUT2D eigenvalue weighted by Crippen LogP contribution is -2.52. The van der Waals surface area contributed by atoms with Crippen LogP contribution in [0, 0.1) is 0 Å². The zero-order valence-electron chi connectivity index (χ0n) is 17.6. The maximum absolute atomic E-state index is 12.8. The molecule has 1 aromatic heterocycles. The van der Waals surface area contributed by atoms with E-state index in [1.165, 1.54) is 0 Å². The van der Waals surface area contributed by atoms with E-state index < -0.39 is 35.4 Å². The summed E-state index contributed by atoms with van der Waals surface area (Å²) in [6.45, 7) is 9.80. The third kappa shape index (κ3) is 5.97. The molecular weight excluding hydrogens is 376 g/mol. The van der Waals surface area contributed by atoms with Gasteiger partial charge in [-0.3, -0.25) is 0 Å². The number of benzene rings is 1. The molecule has 1 aromatic carbocycles. The Labute approximate surface area is 169 Å². The number of carboxylic acid groups (broad SMARTS) is 1. The first kappa shape index (κ1) is 22.3.